The van der Waals surface area contributed by atoms with E-state index in [0.717, 1.165) is 22.0 Å². The van der Waals surface area contributed by atoms with Gasteiger partial charge in [-0.15, -0.1) is 0 Å². The third-order valence-corrected chi connectivity index (χ3v) is 7.78. The normalized spacial score (nSPS) is 22.3. The first-order valence-electron chi connectivity index (χ1n) is 11.2. The summed E-state index contributed by atoms with van der Waals surface area (Å²) in [6.07, 6.45) is 0. The van der Waals surface area contributed by atoms with Crippen molar-refractivity contribution in [1.29, 1.82) is 0 Å². The molecular weight excluding hydrogens is 491 g/mol. The number of fused-ring (bicyclic) bond motifs is 1. The summed E-state index contributed by atoms with van der Waals surface area (Å²) in [7, 11) is 0. The predicted octanol–water partition coefficient (Wildman–Crippen LogP) is 5.02. The number of benzene rings is 2. The Morgan fingerprint density at radius 1 is 1.06 bits per heavy atom. The Labute approximate surface area is 213 Å². The first kappa shape index (κ1) is 23.3. The zero-order valence-corrected chi connectivity index (χ0v) is 21.1. The van der Waals surface area contributed by atoms with Gasteiger partial charge in [0.1, 0.15) is 10.9 Å². The Kier molecular flexibility index (Phi) is 6.35. The monoisotopic (exact) mass is 514 g/mol. The molecule has 3 aliphatic rings. The lowest BCUT2D eigenvalue weighted by molar-refractivity contribution is -0.135. The van der Waals surface area contributed by atoms with Gasteiger partial charge in [-0.2, -0.15) is 0 Å². The molecule has 0 unspecified atom stereocenters. The van der Waals surface area contributed by atoms with Crippen LogP contribution in [0.25, 0.3) is 0 Å². The third-order valence-electron chi connectivity index (χ3n) is 6.21. The lowest BCUT2D eigenvalue weighted by Crippen LogP contribution is -2.50. The third kappa shape index (κ3) is 4.21. The highest BCUT2D eigenvalue weighted by Crippen LogP contribution is 2.53. The maximum Gasteiger partial charge on any atom is 0.263 e. The predicted molar refractivity (Wildman–Crippen MR) is 137 cm³/mol. The van der Waals surface area contributed by atoms with Crippen molar-refractivity contribution in [2.75, 3.05) is 19.6 Å². The number of nitrogens with zero attached hydrogens (tertiary/aromatic N) is 3. The summed E-state index contributed by atoms with van der Waals surface area (Å²) >= 11 is 13.7. The Morgan fingerprint density at radius 2 is 1.68 bits per heavy atom. The SMILES string of the molecule is CC(C)C1=C(C(=O)N2CCNC(=O)C2)SC2=N[C@H](c3ccc(Cl)cc3)[C@H](c3ccc(Cl)cc3)N21. The number of aliphatic imine (C=N–C) groups is 1. The van der Waals surface area contributed by atoms with E-state index in [0.29, 0.717) is 28.0 Å². The zero-order chi connectivity index (χ0) is 24.0. The minimum Gasteiger partial charge on any atom is -0.353 e. The van der Waals surface area contributed by atoms with Gasteiger partial charge in [-0.05, 0) is 53.1 Å². The van der Waals surface area contributed by atoms with E-state index in [-0.39, 0.29) is 36.4 Å². The van der Waals surface area contributed by atoms with Gasteiger partial charge < -0.3 is 15.1 Å². The second-order valence-electron chi connectivity index (χ2n) is 8.82. The van der Waals surface area contributed by atoms with Crippen LogP contribution >= 0.6 is 35.0 Å². The molecule has 5 rings (SSSR count). The van der Waals surface area contributed by atoms with Gasteiger partial charge >= 0.3 is 0 Å². The summed E-state index contributed by atoms with van der Waals surface area (Å²) in [5.41, 5.74) is 3.06. The molecule has 3 aliphatic heterocycles. The van der Waals surface area contributed by atoms with Crippen molar-refractivity contribution in [3.8, 4) is 0 Å². The number of piperazine rings is 1. The quantitative estimate of drug-likeness (QED) is 0.621. The summed E-state index contributed by atoms with van der Waals surface area (Å²) < 4.78 is 0. The minimum atomic E-state index is -0.160. The fourth-order valence-corrected chi connectivity index (χ4v) is 6.22. The Morgan fingerprint density at radius 3 is 2.26 bits per heavy atom. The molecule has 1 N–H and O–H groups in total. The molecule has 1 fully saturated rings. The highest BCUT2D eigenvalue weighted by atomic mass is 35.5. The minimum absolute atomic E-state index is 0.0781. The molecule has 2 atom stereocenters. The molecule has 34 heavy (non-hydrogen) atoms. The van der Waals surface area contributed by atoms with Crippen molar-refractivity contribution in [2.24, 2.45) is 10.9 Å². The molecule has 3 heterocycles. The molecule has 0 radical (unpaired) electrons. The summed E-state index contributed by atoms with van der Waals surface area (Å²) in [6, 6.07) is 15.3. The van der Waals surface area contributed by atoms with Crippen LogP contribution in [0, 0.1) is 5.92 Å². The van der Waals surface area contributed by atoms with E-state index in [4.69, 9.17) is 28.2 Å². The maximum absolute atomic E-state index is 13.5. The number of hydrogen-bond acceptors (Lipinski definition) is 5. The van der Waals surface area contributed by atoms with E-state index in [1.807, 2.05) is 48.5 Å². The number of thioether (sulfide) groups is 1. The maximum atomic E-state index is 13.5. The van der Waals surface area contributed by atoms with Gasteiger partial charge in [-0.25, -0.2) is 0 Å². The first-order valence-corrected chi connectivity index (χ1v) is 12.8. The molecule has 2 aromatic carbocycles. The van der Waals surface area contributed by atoms with Crippen molar-refractivity contribution in [1.82, 2.24) is 15.1 Å². The van der Waals surface area contributed by atoms with Crippen molar-refractivity contribution >= 4 is 51.9 Å². The Hall–Kier alpha value is -2.48. The average Bonchev–Trinajstić information content (AvgIpc) is 3.36. The van der Waals surface area contributed by atoms with Crippen LogP contribution in [0.2, 0.25) is 10.0 Å². The van der Waals surface area contributed by atoms with E-state index in [9.17, 15) is 9.59 Å². The number of carbonyl (C=O) groups excluding carboxylic acids is 2. The van der Waals surface area contributed by atoms with Crippen LogP contribution in [0.3, 0.4) is 0 Å². The van der Waals surface area contributed by atoms with Crippen LogP contribution in [-0.2, 0) is 9.59 Å². The summed E-state index contributed by atoms with van der Waals surface area (Å²) in [5.74, 6) is -0.163. The fraction of sp³-hybridized carbons (Fsp3) is 0.320. The fourth-order valence-electron chi connectivity index (χ4n) is 4.65. The molecule has 2 amide bonds. The molecule has 9 heteroatoms. The van der Waals surface area contributed by atoms with Crippen molar-refractivity contribution in [3.63, 3.8) is 0 Å². The average molecular weight is 515 g/mol. The number of carbonyl (C=O) groups is 2. The second-order valence-corrected chi connectivity index (χ2v) is 10.7. The largest absolute Gasteiger partial charge is 0.353 e. The number of amides is 2. The van der Waals surface area contributed by atoms with E-state index in [1.165, 1.54) is 11.8 Å². The lowest BCUT2D eigenvalue weighted by Gasteiger charge is -2.32. The van der Waals surface area contributed by atoms with Gasteiger partial charge in [0.25, 0.3) is 5.91 Å². The number of amidine groups is 1. The van der Waals surface area contributed by atoms with E-state index in [1.54, 1.807) is 4.90 Å². The molecule has 0 saturated carbocycles. The molecule has 2 aromatic rings. The molecule has 0 aromatic heterocycles. The molecule has 0 spiro atoms. The molecular formula is C25H24Cl2N4O2S. The van der Waals surface area contributed by atoms with Crippen LogP contribution in [0.1, 0.15) is 37.1 Å². The number of hydrogen-bond donors (Lipinski definition) is 1. The number of halogens is 2. The van der Waals surface area contributed by atoms with Gasteiger partial charge in [-0.1, -0.05) is 61.3 Å². The van der Waals surface area contributed by atoms with Crippen molar-refractivity contribution < 1.29 is 9.59 Å². The summed E-state index contributed by atoms with van der Waals surface area (Å²) in [5, 5.41) is 4.92. The summed E-state index contributed by atoms with van der Waals surface area (Å²) in [4.78, 5) is 35.0. The topological polar surface area (TPSA) is 65.0 Å². The van der Waals surface area contributed by atoms with Gasteiger partial charge in [0, 0.05) is 28.8 Å². The Bertz CT molecular complexity index is 1190. The van der Waals surface area contributed by atoms with Crippen molar-refractivity contribution in [2.45, 2.75) is 25.9 Å². The van der Waals surface area contributed by atoms with Crippen molar-refractivity contribution in [3.05, 3.63) is 80.3 Å². The van der Waals surface area contributed by atoms with E-state index in [2.05, 4.69) is 24.1 Å². The smallest absolute Gasteiger partial charge is 0.263 e. The molecule has 0 aliphatic carbocycles. The van der Waals surface area contributed by atoms with Gasteiger partial charge in [-0.3, -0.25) is 14.6 Å². The lowest BCUT2D eigenvalue weighted by atomic mass is 9.92. The molecule has 6 nitrogen and oxygen atoms in total. The standard InChI is InChI=1S/C25H24Cl2N4O2S/c1-14(2)21-23(24(33)30-12-11-28-19(32)13-30)34-25-29-20(15-3-7-17(26)8-4-15)22(31(21)25)16-5-9-18(27)10-6-16/h3-10,14,20,22H,11-13H2,1-2H3,(H,28,32)/t20-,22+/m1/s1. The summed E-state index contributed by atoms with van der Waals surface area (Å²) in [6.45, 7) is 5.22. The van der Waals surface area contributed by atoms with E-state index >= 15 is 0 Å². The van der Waals surface area contributed by atoms with Crippen LogP contribution in [0.5, 0.6) is 0 Å². The van der Waals surface area contributed by atoms with E-state index < -0.39 is 0 Å². The number of rotatable bonds is 4. The van der Waals surface area contributed by atoms with Crippen LogP contribution < -0.4 is 5.32 Å². The van der Waals surface area contributed by atoms with Gasteiger partial charge in [0.15, 0.2) is 5.17 Å². The molecule has 1 saturated heterocycles. The Balaban J connectivity index is 1.58. The van der Waals surface area contributed by atoms with Crippen LogP contribution in [0.15, 0.2) is 64.1 Å². The first-order chi connectivity index (χ1) is 16.3. The zero-order valence-electron chi connectivity index (χ0n) is 18.8. The van der Waals surface area contributed by atoms with Gasteiger partial charge in [0.2, 0.25) is 5.91 Å². The number of allylic oxidation sites excluding steroid dienone is 1. The highest BCUT2D eigenvalue weighted by molar-refractivity contribution is 8.18. The highest BCUT2D eigenvalue weighted by Gasteiger charge is 2.47. The molecule has 176 valence electrons. The second kappa shape index (κ2) is 9.29. The van der Waals surface area contributed by atoms with Gasteiger partial charge in [0.05, 0.1) is 12.6 Å². The van der Waals surface area contributed by atoms with Crippen LogP contribution in [0.4, 0.5) is 0 Å². The molecule has 0 bridgehead atoms. The van der Waals surface area contributed by atoms with Crippen LogP contribution in [-0.4, -0.2) is 46.4 Å². The number of nitrogens with one attached hydrogen (secondary N) is 1.